The van der Waals surface area contributed by atoms with E-state index in [0.717, 1.165) is 22.9 Å². The fourth-order valence-corrected chi connectivity index (χ4v) is 2.86. The lowest BCUT2D eigenvalue weighted by Gasteiger charge is -2.19. The molecule has 0 radical (unpaired) electrons. The highest BCUT2D eigenvalue weighted by molar-refractivity contribution is 9.10. The summed E-state index contributed by atoms with van der Waals surface area (Å²) in [6.45, 7) is 0. The van der Waals surface area contributed by atoms with Gasteiger partial charge in [0.2, 0.25) is 6.43 Å². The molecular formula is C12H13BrF2. The second-order valence-electron chi connectivity index (χ2n) is 4.09. The van der Waals surface area contributed by atoms with Crippen LogP contribution in [0.15, 0.2) is 28.7 Å². The first-order chi connectivity index (χ1) is 7.18. The van der Waals surface area contributed by atoms with Gasteiger partial charge >= 0.3 is 0 Å². The highest BCUT2D eigenvalue weighted by Crippen LogP contribution is 2.43. The molecule has 1 fully saturated rings. The summed E-state index contributed by atoms with van der Waals surface area (Å²) in [7, 11) is 0. The van der Waals surface area contributed by atoms with Crippen LogP contribution < -0.4 is 0 Å². The van der Waals surface area contributed by atoms with Crippen molar-refractivity contribution in [2.75, 3.05) is 0 Å². The summed E-state index contributed by atoms with van der Waals surface area (Å²) in [6.07, 6.45) is 0.295. The molecule has 1 aliphatic rings. The second kappa shape index (κ2) is 4.60. The lowest BCUT2D eigenvalue weighted by atomic mass is 9.89. The molecule has 0 aromatic heterocycles. The maximum absolute atomic E-state index is 12.8. The fourth-order valence-electron chi connectivity index (χ4n) is 2.44. The average molecular weight is 275 g/mol. The predicted octanol–water partition coefficient (Wildman–Crippen LogP) is 4.60. The van der Waals surface area contributed by atoms with Gasteiger partial charge in [-0.05, 0) is 36.5 Å². The van der Waals surface area contributed by atoms with Crippen LogP contribution in [0, 0.1) is 5.92 Å². The number of rotatable bonds is 2. The minimum Gasteiger partial charge on any atom is -0.210 e. The third kappa shape index (κ3) is 2.39. The van der Waals surface area contributed by atoms with Gasteiger partial charge in [0, 0.05) is 10.4 Å². The average Bonchev–Trinajstić information content (AvgIpc) is 2.65. The van der Waals surface area contributed by atoms with E-state index in [2.05, 4.69) is 15.9 Å². The van der Waals surface area contributed by atoms with Crippen LogP contribution in [0.3, 0.4) is 0 Å². The Morgan fingerprint density at radius 3 is 2.73 bits per heavy atom. The quantitative estimate of drug-likeness (QED) is 0.740. The molecule has 0 spiro atoms. The molecule has 0 heterocycles. The molecule has 1 saturated carbocycles. The van der Waals surface area contributed by atoms with Crippen LogP contribution in [0.25, 0.3) is 0 Å². The van der Waals surface area contributed by atoms with E-state index in [4.69, 9.17) is 0 Å². The van der Waals surface area contributed by atoms with Crippen LogP contribution in [0.5, 0.6) is 0 Å². The van der Waals surface area contributed by atoms with E-state index in [0.29, 0.717) is 6.42 Å². The summed E-state index contributed by atoms with van der Waals surface area (Å²) >= 11 is 3.38. The van der Waals surface area contributed by atoms with E-state index >= 15 is 0 Å². The smallest absolute Gasteiger partial charge is 0.210 e. The summed E-state index contributed by atoms with van der Waals surface area (Å²) in [5.41, 5.74) is 1.05. The van der Waals surface area contributed by atoms with Crippen molar-refractivity contribution < 1.29 is 8.78 Å². The zero-order valence-electron chi connectivity index (χ0n) is 8.30. The zero-order valence-corrected chi connectivity index (χ0v) is 9.88. The maximum atomic E-state index is 12.8. The van der Waals surface area contributed by atoms with Crippen LogP contribution in [-0.2, 0) is 0 Å². The summed E-state index contributed by atoms with van der Waals surface area (Å²) in [5.74, 6) is -0.401. The molecule has 2 atom stereocenters. The van der Waals surface area contributed by atoms with Crippen LogP contribution in [0.4, 0.5) is 8.78 Å². The van der Waals surface area contributed by atoms with Gasteiger partial charge in [0.1, 0.15) is 0 Å². The van der Waals surface area contributed by atoms with E-state index in [-0.39, 0.29) is 5.92 Å². The van der Waals surface area contributed by atoms with Gasteiger partial charge in [-0.3, -0.25) is 0 Å². The van der Waals surface area contributed by atoms with Gasteiger partial charge in [-0.15, -0.1) is 0 Å². The van der Waals surface area contributed by atoms with E-state index in [1.165, 1.54) is 0 Å². The Labute approximate surface area is 96.8 Å². The predicted molar refractivity (Wildman–Crippen MR) is 60.2 cm³/mol. The Morgan fingerprint density at radius 2 is 2.07 bits per heavy atom. The largest absolute Gasteiger partial charge is 0.242 e. The normalized spacial score (nSPS) is 26.1. The molecule has 0 N–H and O–H groups in total. The Kier molecular flexibility index (Phi) is 3.39. The second-order valence-corrected chi connectivity index (χ2v) is 5.01. The first-order valence-electron chi connectivity index (χ1n) is 5.22. The van der Waals surface area contributed by atoms with E-state index in [1.807, 2.05) is 24.3 Å². The number of halogens is 3. The minimum absolute atomic E-state index is 0.0440. The Hall–Kier alpha value is -0.440. The monoisotopic (exact) mass is 274 g/mol. The van der Waals surface area contributed by atoms with Crippen LogP contribution >= 0.6 is 15.9 Å². The van der Waals surface area contributed by atoms with Gasteiger partial charge in [-0.2, -0.15) is 0 Å². The fraction of sp³-hybridized carbons (Fsp3) is 0.500. The summed E-state index contributed by atoms with van der Waals surface area (Å²) in [6, 6.07) is 7.76. The maximum Gasteiger partial charge on any atom is 0.242 e. The van der Waals surface area contributed by atoms with Crippen LogP contribution in [0.2, 0.25) is 0 Å². The van der Waals surface area contributed by atoms with Crippen molar-refractivity contribution in [3.63, 3.8) is 0 Å². The van der Waals surface area contributed by atoms with Crippen molar-refractivity contribution >= 4 is 15.9 Å². The van der Waals surface area contributed by atoms with Crippen LogP contribution in [0.1, 0.15) is 30.7 Å². The van der Waals surface area contributed by atoms with Crippen LogP contribution in [-0.4, -0.2) is 6.43 Å². The molecule has 0 saturated heterocycles. The standard InChI is InChI=1S/C12H13BrF2/c13-9-4-1-3-8(7-9)10-5-2-6-11(10)12(14)15/h1,3-4,7,10-12H,2,5-6H2. The number of alkyl halides is 2. The van der Waals surface area contributed by atoms with Crippen molar-refractivity contribution in [1.29, 1.82) is 0 Å². The lowest BCUT2D eigenvalue weighted by molar-refractivity contribution is 0.0717. The van der Waals surface area contributed by atoms with Crippen molar-refractivity contribution in [1.82, 2.24) is 0 Å². The molecule has 1 aromatic rings. The summed E-state index contributed by atoms with van der Waals surface area (Å²) in [5, 5.41) is 0. The van der Waals surface area contributed by atoms with E-state index < -0.39 is 12.3 Å². The summed E-state index contributed by atoms with van der Waals surface area (Å²) < 4.78 is 26.5. The Morgan fingerprint density at radius 1 is 1.27 bits per heavy atom. The van der Waals surface area contributed by atoms with Gasteiger partial charge in [0.15, 0.2) is 0 Å². The molecule has 15 heavy (non-hydrogen) atoms. The van der Waals surface area contributed by atoms with Crippen molar-refractivity contribution in [3.05, 3.63) is 34.3 Å². The molecule has 0 amide bonds. The minimum atomic E-state index is -2.18. The van der Waals surface area contributed by atoms with Gasteiger partial charge in [-0.25, -0.2) is 8.78 Å². The Balaban J connectivity index is 2.22. The summed E-state index contributed by atoms with van der Waals surface area (Å²) in [4.78, 5) is 0. The third-order valence-corrected chi connectivity index (χ3v) is 3.66. The van der Waals surface area contributed by atoms with Gasteiger partial charge < -0.3 is 0 Å². The molecule has 1 aromatic carbocycles. The molecule has 0 aliphatic heterocycles. The number of benzene rings is 1. The SMILES string of the molecule is FC(F)C1CCCC1c1cccc(Br)c1. The van der Waals surface area contributed by atoms with Gasteiger partial charge in [0.25, 0.3) is 0 Å². The van der Waals surface area contributed by atoms with E-state index in [1.54, 1.807) is 0 Å². The number of hydrogen-bond donors (Lipinski definition) is 0. The topological polar surface area (TPSA) is 0 Å². The van der Waals surface area contributed by atoms with Crippen molar-refractivity contribution in [2.24, 2.45) is 5.92 Å². The Bertz CT molecular complexity index is 338. The number of hydrogen-bond acceptors (Lipinski definition) is 0. The molecule has 3 heteroatoms. The first kappa shape index (κ1) is 11.1. The highest BCUT2D eigenvalue weighted by Gasteiger charge is 2.34. The third-order valence-electron chi connectivity index (χ3n) is 3.17. The lowest BCUT2D eigenvalue weighted by Crippen LogP contribution is -2.14. The molecule has 82 valence electrons. The zero-order chi connectivity index (χ0) is 10.8. The molecule has 0 nitrogen and oxygen atoms in total. The molecule has 2 rings (SSSR count). The van der Waals surface area contributed by atoms with Gasteiger partial charge in [0.05, 0.1) is 0 Å². The van der Waals surface area contributed by atoms with Crippen molar-refractivity contribution in [2.45, 2.75) is 31.6 Å². The molecule has 0 bridgehead atoms. The first-order valence-corrected chi connectivity index (χ1v) is 6.01. The van der Waals surface area contributed by atoms with Gasteiger partial charge in [-0.1, -0.05) is 34.5 Å². The van der Waals surface area contributed by atoms with E-state index in [9.17, 15) is 8.78 Å². The highest BCUT2D eigenvalue weighted by atomic mass is 79.9. The van der Waals surface area contributed by atoms with Crippen molar-refractivity contribution in [3.8, 4) is 0 Å². The molecule has 1 aliphatic carbocycles. The molecule has 2 unspecified atom stereocenters. The molecular weight excluding hydrogens is 262 g/mol.